The quantitative estimate of drug-likeness (QED) is 0.882. The van der Waals surface area contributed by atoms with Crippen LogP contribution in [0.1, 0.15) is 23.1 Å². The highest BCUT2D eigenvalue weighted by molar-refractivity contribution is 5.45. The van der Waals surface area contributed by atoms with Crippen LogP contribution in [-0.4, -0.2) is 23.9 Å². The highest BCUT2D eigenvalue weighted by Crippen LogP contribution is 2.41. The Kier molecular flexibility index (Phi) is 3.24. The summed E-state index contributed by atoms with van der Waals surface area (Å²) in [7, 11) is 1.62. The molecule has 1 unspecified atom stereocenters. The summed E-state index contributed by atoms with van der Waals surface area (Å²) in [5.74, 6) is 1.34. The Hall–Kier alpha value is -2.20. The van der Waals surface area contributed by atoms with Crippen molar-refractivity contribution in [3.05, 3.63) is 53.6 Å². The summed E-state index contributed by atoms with van der Waals surface area (Å²) in [5, 5.41) is 19.9. The lowest BCUT2D eigenvalue weighted by molar-refractivity contribution is 0.0887. The van der Waals surface area contributed by atoms with Gasteiger partial charge in [-0.3, -0.25) is 0 Å². The second-order valence-corrected chi connectivity index (χ2v) is 4.86. The first-order valence-electron chi connectivity index (χ1n) is 6.47. The number of hydrogen-bond acceptors (Lipinski definition) is 4. The molecule has 4 heteroatoms. The lowest BCUT2D eigenvalue weighted by Gasteiger charge is -2.30. The topological polar surface area (TPSA) is 58.9 Å². The molecule has 0 amide bonds. The molecule has 2 aromatic rings. The van der Waals surface area contributed by atoms with Gasteiger partial charge in [-0.25, -0.2) is 0 Å². The van der Waals surface area contributed by atoms with E-state index in [1.165, 1.54) is 6.07 Å². The minimum Gasteiger partial charge on any atom is -0.508 e. The molecule has 2 N–H and O–H groups in total. The zero-order valence-electron chi connectivity index (χ0n) is 11.1. The van der Waals surface area contributed by atoms with Crippen molar-refractivity contribution in [2.75, 3.05) is 13.7 Å². The molecule has 0 fully saturated rings. The van der Waals surface area contributed by atoms with Crippen molar-refractivity contribution in [1.82, 2.24) is 0 Å². The van der Waals surface area contributed by atoms with Crippen LogP contribution in [0, 0.1) is 0 Å². The first-order valence-corrected chi connectivity index (χ1v) is 6.47. The number of ether oxygens (including phenoxy) is 2. The largest absolute Gasteiger partial charge is 0.508 e. The maximum atomic E-state index is 10.5. The SMILES string of the molecule is COc1ccc(C2COc3cc(O)ccc3[C@H]2O)cc1. The first-order chi connectivity index (χ1) is 9.69. The third-order valence-corrected chi connectivity index (χ3v) is 3.66. The number of phenolic OH excluding ortho intramolecular Hbond substituents is 1. The predicted molar refractivity (Wildman–Crippen MR) is 74.3 cm³/mol. The molecule has 0 aromatic heterocycles. The molecule has 0 spiro atoms. The number of hydrogen-bond donors (Lipinski definition) is 2. The molecule has 1 aliphatic rings. The van der Waals surface area contributed by atoms with E-state index in [9.17, 15) is 10.2 Å². The Morgan fingerprint density at radius 3 is 2.60 bits per heavy atom. The molecule has 3 rings (SSSR count). The summed E-state index contributed by atoms with van der Waals surface area (Å²) in [4.78, 5) is 0. The van der Waals surface area contributed by atoms with E-state index >= 15 is 0 Å². The lowest BCUT2D eigenvalue weighted by atomic mass is 9.87. The number of fused-ring (bicyclic) bond motifs is 1. The van der Waals surface area contributed by atoms with Crippen molar-refractivity contribution in [1.29, 1.82) is 0 Å². The monoisotopic (exact) mass is 272 g/mol. The van der Waals surface area contributed by atoms with Gasteiger partial charge < -0.3 is 19.7 Å². The van der Waals surface area contributed by atoms with E-state index in [2.05, 4.69) is 0 Å². The highest BCUT2D eigenvalue weighted by atomic mass is 16.5. The number of methoxy groups -OCH3 is 1. The van der Waals surface area contributed by atoms with Crippen LogP contribution in [0.4, 0.5) is 0 Å². The Bertz CT molecular complexity index is 606. The molecule has 1 aliphatic heterocycles. The second kappa shape index (κ2) is 5.06. The average Bonchev–Trinajstić information content (AvgIpc) is 2.48. The van der Waals surface area contributed by atoms with Crippen LogP contribution in [0.3, 0.4) is 0 Å². The minimum absolute atomic E-state index is 0.127. The van der Waals surface area contributed by atoms with E-state index in [0.717, 1.165) is 11.3 Å². The standard InChI is InChI=1S/C16H16O4/c1-19-12-5-2-10(3-6-12)14-9-20-15-8-11(17)4-7-13(15)16(14)18/h2-8,14,16-18H,9H2,1H3/t14?,16-/m1/s1. The van der Waals surface area contributed by atoms with E-state index in [1.54, 1.807) is 19.2 Å². The average molecular weight is 272 g/mol. The van der Waals surface area contributed by atoms with Crippen LogP contribution in [0.5, 0.6) is 17.2 Å². The molecule has 0 bridgehead atoms. The van der Waals surface area contributed by atoms with Crippen molar-refractivity contribution in [3.63, 3.8) is 0 Å². The van der Waals surface area contributed by atoms with Gasteiger partial charge in [0.1, 0.15) is 17.2 Å². The number of phenols is 1. The first kappa shape index (κ1) is 12.8. The minimum atomic E-state index is -0.646. The van der Waals surface area contributed by atoms with Crippen molar-refractivity contribution < 1.29 is 19.7 Å². The Morgan fingerprint density at radius 1 is 1.15 bits per heavy atom. The van der Waals surface area contributed by atoms with Crippen LogP contribution in [0.2, 0.25) is 0 Å². The molecule has 4 nitrogen and oxygen atoms in total. The van der Waals surface area contributed by atoms with Gasteiger partial charge in [-0.15, -0.1) is 0 Å². The summed E-state index contributed by atoms with van der Waals surface area (Å²) >= 11 is 0. The molecule has 0 aliphatic carbocycles. The molecule has 0 saturated carbocycles. The fourth-order valence-corrected chi connectivity index (χ4v) is 2.51. The molecular formula is C16H16O4. The molecule has 0 radical (unpaired) electrons. The maximum absolute atomic E-state index is 10.5. The van der Waals surface area contributed by atoms with E-state index < -0.39 is 6.10 Å². The molecular weight excluding hydrogens is 256 g/mol. The molecule has 20 heavy (non-hydrogen) atoms. The van der Waals surface area contributed by atoms with Gasteiger partial charge in [0.05, 0.1) is 19.8 Å². The normalized spacial score (nSPS) is 20.9. The number of rotatable bonds is 2. The van der Waals surface area contributed by atoms with Gasteiger partial charge in [-0.05, 0) is 29.8 Å². The zero-order chi connectivity index (χ0) is 14.1. The number of aliphatic hydroxyl groups excluding tert-OH is 1. The molecule has 1 heterocycles. The van der Waals surface area contributed by atoms with Gasteiger partial charge in [0.2, 0.25) is 0 Å². The summed E-state index contributed by atoms with van der Waals surface area (Å²) in [5.41, 5.74) is 1.70. The van der Waals surface area contributed by atoms with Gasteiger partial charge >= 0.3 is 0 Å². The fraction of sp³-hybridized carbons (Fsp3) is 0.250. The van der Waals surface area contributed by atoms with E-state index in [1.807, 2.05) is 24.3 Å². The van der Waals surface area contributed by atoms with Crippen molar-refractivity contribution in [2.45, 2.75) is 12.0 Å². The lowest BCUT2D eigenvalue weighted by Crippen LogP contribution is -2.24. The Labute approximate surface area is 117 Å². The number of aromatic hydroxyl groups is 1. The van der Waals surface area contributed by atoms with Crippen LogP contribution in [0.15, 0.2) is 42.5 Å². The number of benzene rings is 2. The van der Waals surface area contributed by atoms with Gasteiger partial charge in [-0.2, -0.15) is 0 Å². The molecule has 2 atom stereocenters. The zero-order valence-corrected chi connectivity index (χ0v) is 11.1. The van der Waals surface area contributed by atoms with Crippen molar-refractivity contribution in [3.8, 4) is 17.2 Å². The van der Waals surface area contributed by atoms with Crippen LogP contribution >= 0.6 is 0 Å². The summed E-state index contributed by atoms with van der Waals surface area (Å²) < 4.78 is 10.8. The van der Waals surface area contributed by atoms with Gasteiger partial charge in [0, 0.05) is 17.5 Å². The fourth-order valence-electron chi connectivity index (χ4n) is 2.51. The van der Waals surface area contributed by atoms with Crippen molar-refractivity contribution >= 4 is 0 Å². The smallest absolute Gasteiger partial charge is 0.128 e. The maximum Gasteiger partial charge on any atom is 0.128 e. The van der Waals surface area contributed by atoms with Crippen molar-refractivity contribution in [2.24, 2.45) is 0 Å². The van der Waals surface area contributed by atoms with E-state index in [4.69, 9.17) is 9.47 Å². The summed E-state index contributed by atoms with van der Waals surface area (Å²) in [6, 6.07) is 12.4. The summed E-state index contributed by atoms with van der Waals surface area (Å²) in [6.45, 7) is 0.379. The molecule has 2 aromatic carbocycles. The van der Waals surface area contributed by atoms with Crippen LogP contribution in [-0.2, 0) is 0 Å². The highest BCUT2D eigenvalue weighted by Gasteiger charge is 2.30. The van der Waals surface area contributed by atoms with Crippen LogP contribution in [0.25, 0.3) is 0 Å². The van der Waals surface area contributed by atoms with E-state index in [0.29, 0.717) is 17.9 Å². The molecule has 0 saturated heterocycles. The molecule has 104 valence electrons. The Morgan fingerprint density at radius 2 is 1.90 bits per heavy atom. The Balaban J connectivity index is 1.90. The summed E-state index contributed by atoms with van der Waals surface area (Å²) in [6.07, 6.45) is -0.646. The van der Waals surface area contributed by atoms with Gasteiger partial charge in [0.25, 0.3) is 0 Å². The number of aliphatic hydroxyl groups is 1. The third kappa shape index (κ3) is 2.18. The van der Waals surface area contributed by atoms with Gasteiger partial charge in [0.15, 0.2) is 0 Å². The second-order valence-electron chi connectivity index (χ2n) is 4.86. The van der Waals surface area contributed by atoms with Gasteiger partial charge in [-0.1, -0.05) is 12.1 Å². The van der Waals surface area contributed by atoms with Crippen LogP contribution < -0.4 is 9.47 Å². The third-order valence-electron chi connectivity index (χ3n) is 3.66. The predicted octanol–water partition coefficient (Wildman–Crippen LogP) is 2.61. The van der Waals surface area contributed by atoms with E-state index in [-0.39, 0.29) is 11.7 Å².